The Bertz CT molecular complexity index is 1730. The van der Waals surface area contributed by atoms with Crippen LogP contribution in [0.25, 0.3) is 11.0 Å². The minimum Gasteiger partial charge on any atom is -0.479 e. The van der Waals surface area contributed by atoms with Crippen molar-refractivity contribution >= 4 is 44.6 Å². The molecular formula is C30H40N6O10S. The molecule has 17 heteroatoms. The first-order chi connectivity index (χ1) is 22.2. The van der Waals surface area contributed by atoms with Gasteiger partial charge in [-0.05, 0) is 69.3 Å². The predicted molar refractivity (Wildman–Crippen MR) is 170 cm³/mol. The molecule has 16 nitrogen and oxygen atoms in total. The highest BCUT2D eigenvalue weighted by Gasteiger charge is 2.48. The average molecular weight is 677 g/mol. The van der Waals surface area contributed by atoms with E-state index in [1.54, 1.807) is 31.3 Å². The maximum absolute atomic E-state index is 13.9. The van der Waals surface area contributed by atoms with Crippen molar-refractivity contribution in [1.82, 2.24) is 19.3 Å². The number of ether oxygens (including phenoxy) is 2. The first kappa shape index (κ1) is 34.5. The highest BCUT2D eigenvalue weighted by molar-refractivity contribution is 7.89. The molecule has 5 N–H and O–H groups in total. The number of carboxylic acid groups (broad SMARTS) is 1. The number of sulfonamides is 1. The van der Waals surface area contributed by atoms with Gasteiger partial charge in [0.15, 0.2) is 11.8 Å². The molecule has 47 heavy (non-hydrogen) atoms. The zero-order valence-electron chi connectivity index (χ0n) is 26.4. The molecule has 1 aliphatic carbocycles. The average Bonchev–Trinajstić information content (AvgIpc) is 3.49. The van der Waals surface area contributed by atoms with E-state index in [1.807, 2.05) is 11.9 Å². The van der Waals surface area contributed by atoms with Crippen LogP contribution in [0.5, 0.6) is 5.75 Å². The fourth-order valence-electron chi connectivity index (χ4n) is 6.17. The molecule has 1 aromatic carbocycles. The molecule has 1 saturated heterocycles. The number of carbonyl (C=O) groups excluding carboxylic acids is 1. The van der Waals surface area contributed by atoms with Crippen molar-refractivity contribution in [3.05, 3.63) is 42.4 Å². The van der Waals surface area contributed by atoms with Gasteiger partial charge in [-0.25, -0.2) is 32.7 Å². The Balaban J connectivity index is 1.36. The first-order valence-electron chi connectivity index (χ1n) is 15.2. The number of amides is 1. The Kier molecular flexibility index (Phi) is 10.0. The van der Waals surface area contributed by atoms with Crippen molar-refractivity contribution in [2.24, 2.45) is 5.92 Å². The molecule has 0 unspecified atom stereocenters. The second-order valence-electron chi connectivity index (χ2n) is 12.1. The number of fused-ring (bicyclic) bond motifs is 1. The highest BCUT2D eigenvalue weighted by atomic mass is 32.2. The second kappa shape index (κ2) is 13.7. The summed E-state index contributed by atoms with van der Waals surface area (Å²) in [5.74, 6) is -0.685. The fraction of sp³-hybridized carbons (Fsp3) is 0.533. The van der Waals surface area contributed by atoms with Gasteiger partial charge in [-0.2, -0.15) is 0 Å². The lowest BCUT2D eigenvalue weighted by molar-refractivity contribution is -0.271. The Morgan fingerprint density at radius 2 is 1.77 bits per heavy atom. The summed E-state index contributed by atoms with van der Waals surface area (Å²) in [6.07, 6.45) is -2.99. The molecular weight excluding hydrogens is 636 g/mol. The summed E-state index contributed by atoms with van der Waals surface area (Å²) in [4.78, 5) is 37.7. The summed E-state index contributed by atoms with van der Waals surface area (Å²) in [5.41, 5.74) is 1.37. The minimum absolute atomic E-state index is 0.0489. The molecule has 2 aliphatic rings. The van der Waals surface area contributed by atoms with Crippen LogP contribution >= 0.6 is 0 Å². The molecule has 0 bridgehead atoms. The number of benzene rings is 1. The number of anilines is 2. The summed E-state index contributed by atoms with van der Waals surface area (Å²) in [7, 11) is 1.57. The molecule has 1 saturated carbocycles. The molecule has 256 valence electrons. The van der Waals surface area contributed by atoms with Gasteiger partial charge in [0.25, 0.3) is 0 Å². The standard InChI is InChI=1S/C30H40N6O10S/c1-16-5-10-21(45-29-24(39)22(37)23(38)25(46-29)28(40)41)20(13-16)35(4)30(42)36-12-11-19-26(32-15-33-27(19)36)34(3)18-8-6-17(7-9-18)14-47(43,44)31-2/h5,10-13,15,17-18,22-25,29,31,37-39H,6-9,14H2,1-4H3,(H,40,41)/t17?,18?,22-,23-,24+,25-,29+/m0/s1. The van der Waals surface area contributed by atoms with Crippen molar-refractivity contribution in [3.63, 3.8) is 0 Å². The SMILES string of the molecule is CNS(=O)(=O)CC1CCC(N(C)c2ncnc3c2ccn3C(=O)N(C)c2cc(C)ccc2O[C@@H]2O[C@H](C(=O)O)[C@@H](O)[C@H](O)[C@H]2O)CC1. The number of aromatic nitrogens is 3. The third-order valence-electron chi connectivity index (χ3n) is 8.95. The van der Waals surface area contributed by atoms with Crippen LogP contribution in [-0.2, 0) is 19.6 Å². The van der Waals surface area contributed by atoms with Crippen molar-refractivity contribution in [2.75, 3.05) is 36.7 Å². The smallest absolute Gasteiger partial charge is 0.335 e. The number of rotatable bonds is 9. The zero-order valence-corrected chi connectivity index (χ0v) is 27.2. The lowest BCUT2D eigenvalue weighted by Gasteiger charge is -2.38. The summed E-state index contributed by atoms with van der Waals surface area (Å²) in [5, 5.41) is 40.8. The van der Waals surface area contributed by atoms with Gasteiger partial charge in [-0.1, -0.05) is 6.07 Å². The highest BCUT2D eigenvalue weighted by Crippen LogP contribution is 2.35. The molecule has 1 amide bonds. The van der Waals surface area contributed by atoms with Crippen LogP contribution in [0.1, 0.15) is 31.2 Å². The topological polar surface area (TPSA) is 217 Å². The molecule has 5 atom stereocenters. The monoisotopic (exact) mass is 676 g/mol. The van der Waals surface area contributed by atoms with Crippen LogP contribution < -0.4 is 19.3 Å². The largest absolute Gasteiger partial charge is 0.479 e. The van der Waals surface area contributed by atoms with Gasteiger partial charge < -0.3 is 34.8 Å². The van der Waals surface area contributed by atoms with E-state index in [0.29, 0.717) is 16.9 Å². The number of carboxylic acids is 1. The summed E-state index contributed by atoms with van der Waals surface area (Å²) in [6, 6.07) is 6.20. The van der Waals surface area contributed by atoms with E-state index in [-0.39, 0.29) is 29.1 Å². The van der Waals surface area contributed by atoms with Gasteiger partial charge in [0.2, 0.25) is 16.3 Å². The van der Waals surface area contributed by atoms with E-state index >= 15 is 0 Å². The number of aliphatic carboxylic acids is 1. The number of carbonyl (C=O) groups is 2. The number of aryl methyl sites for hydroxylation is 1. The first-order valence-corrected chi connectivity index (χ1v) is 16.8. The van der Waals surface area contributed by atoms with Gasteiger partial charge >= 0.3 is 12.0 Å². The number of hydrogen-bond donors (Lipinski definition) is 5. The fourth-order valence-corrected chi connectivity index (χ4v) is 7.29. The van der Waals surface area contributed by atoms with E-state index in [9.17, 15) is 38.4 Å². The molecule has 3 aromatic rings. The quantitative estimate of drug-likeness (QED) is 0.211. The Morgan fingerprint density at radius 3 is 2.43 bits per heavy atom. The number of aliphatic hydroxyl groups is 3. The van der Waals surface area contributed by atoms with Crippen LogP contribution in [0.15, 0.2) is 36.8 Å². The van der Waals surface area contributed by atoms with Gasteiger partial charge in [-0.3, -0.25) is 9.47 Å². The molecule has 0 radical (unpaired) electrons. The van der Waals surface area contributed by atoms with E-state index in [4.69, 9.17) is 9.47 Å². The van der Waals surface area contributed by atoms with Crippen molar-refractivity contribution in [2.45, 2.75) is 69.4 Å². The van der Waals surface area contributed by atoms with E-state index in [0.717, 1.165) is 31.2 Å². The molecule has 3 heterocycles. The normalized spacial score (nSPS) is 26.6. The molecule has 5 rings (SSSR count). The van der Waals surface area contributed by atoms with Crippen LogP contribution in [-0.4, -0.2) is 119 Å². The van der Waals surface area contributed by atoms with Crippen molar-refractivity contribution in [1.29, 1.82) is 0 Å². The molecule has 2 aromatic heterocycles. The lowest BCUT2D eigenvalue weighted by atomic mass is 9.86. The van der Waals surface area contributed by atoms with Crippen LogP contribution in [0, 0.1) is 12.8 Å². The van der Waals surface area contributed by atoms with Crippen molar-refractivity contribution in [3.8, 4) is 5.75 Å². The number of nitrogens with zero attached hydrogens (tertiary/aromatic N) is 5. The van der Waals surface area contributed by atoms with Gasteiger partial charge in [-0.15, -0.1) is 0 Å². The molecule has 0 spiro atoms. The van der Waals surface area contributed by atoms with Gasteiger partial charge in [0.05, 0.1) is 16.8 Å². The Labute approximate surface area is 271 Å². The van der Waals surface area contributed by atoms with E-state index < -0.39 is 52.7 Å². The second-order valence-corrected chi connectivity index (χ2v) is 14.0. The Morgan fingerprint density at radius 1 is 1.06 bits per heavy atom. The van der Waals surface area contributed by atoms with E-state index in [2.05, 4.69) is 14.7 Å². The lowest BCUT2D eigenvalue weighted by Crippen LogP contribution is -2.61. The van der Waals surface area contributed by atoms with Crippen molar-refractivity contribution < 1.29 is 47.9 Å². The van der Waals surface area contributed by atoms with Gasteiger partial charge in [0.1, 0.15) is 36.2 Å². The van der Waals surface area contributed by atoms with Gasteiger partial charge in [0, 0.05) is 26.3 Å². The third kappa shape index (κ3) is 7.05. The molecule has 1 aliphatic heterocycles. The number of hydrogen-bond acceptors (Lipinski definition) is 12. The number of aliphatic hydroxyl groups excluding tert-OH is 3. The minimum atomic E-state index is -3.28. The van der Waals surface area contributed by atoms with E-state index in [1.165, 1.54) is 36.0 Å². The Hall–Kier alpha value is -3.87. The summed E-state index contributed by atoms with van der Waals surface area (Å²) in [6.45, 7) is 1.80. The predicted octanol–water partition coefficient (Wildman–Crippen LogP) is 0.659. The third-order valence-corrected chi connectivity index (χ3v) is 10.5. The maximum Gasteiger partial charge on any atom is 0.335 e. The summed E-state index contributed by atoms with van der Waals surface area (Å²) >= 11 is 0. The van der Waals surface area contributed by atoms with Crippen LogP contribution in [0.2, 0.25) is 0 Å². The zero-order chi connectivity index (χ0) is 34.2. The molecule has 2 fully saturated rings. The number of nitrogens with one attached hydrogen (secondary N) is 1. The summed E-state index contributed by atoms with van der Waals surface area (Å²) < 4.78 is 38.8. The van der Waals surface area contributed by atoms with Crippen LogP contribution in [0.4, 0.5) is 16.3 Å². The maximum atomic E-state index is 13.9. The van der Waals surface area contributed by atoms with Crippen LogP contribution in [0.3, 0.4) is 0 Å².